The standard InChI is InChI=1S/C18H14F2N2O2.2ClH/c19-18(20)23-15-6-5-12(10-16(15)24-18)9-13-3-2-8-22-17(13)14-4-1-7-21-11-14;;/h1,4-7,9-11H,2-3,8H2;2*1H/b13-9+;;. The third-order valence-corrected chi connectivity index (χ3v) is 3.88. The lowest BCUT2D eigenvalue weighted by molar-refractivity contribution is -0.286. The smallest absolute Gasteiger partial charge is 0.395 e. The number of hydrogen-bond acceptors (Lipinski definition) is 4. The molecule has 0 fully saturated rings. The van der Waals surface area contributed by atoms with E-state index in [-0.39, 0.29) is 36.3 Å². The molecule has 0 radical (unpaired) electrons. The first-order valence-corrected chi connectivity index (χ1v) is 7.66. The molecule has 26 heavy (non-hydrogen) atoms. The fourth-order valence-electron chi connectivity index (χ4n) is 2.86. The molecule has 3 heterocycles. The molecule has 0 bridgehead atoms. The van der Waals surface area contributed by atoms with Crippen LogP contribution in [-0.4, -0.2) is 23.5 Å². The molecular weight excluding hydrogens is 385 g/mol. The van der Waals surface area contributed by atoms with Crippen LogP contribution in [0.2, 0.25) is 0 Å². The summed E-state index contributed by atoms with van der Waals surface area (Å²) in [6.45, 7) is 0.773. The number of pyridine rings is 1. The number of halogens is 4. The van der Waals surface area contributed by atoms with Gasteiger partial charge in [0.05, 0.1) is 5.71 Å². The van der Waals surface area contributed by atoms with Gasteiger partial charge in [-0.1, -0.05) is 6.07 Å². The highest BCUT2D eigenvalue weighted by Crippen LogP contribution is 2.41. The maximum absolute atomic E-state index is 13.1. The first-order chi connectivity index (χ1) is 11.6. The maximum atomic E-state index is 13.1. The van der Waals surface area contributed by atoms with Gasteiger partial charge in [0.2, 0.25) is 0 Å². The van der Waals surface area contributed by atoms with Crippen molar-refractivity contribution in [3.05, 3.63) is 59.4 Å². The number of aromatic nitrogens is 1. The van der Waals surface area contributed by atoms with Crippen LogP contribution in [0.25, 0.3) is 6.08 Å². The third kappa shape index (κ3) is 4.14. The molecule has 138 valence electrons. The first kappa shape index (κ1) is 20.1. The van der Waals surface area contributed by atoms with Gasteiger partial charge in [-0.15, -0.1) is 33.6 Å². The van der Waals surface area contributed by atoms with Crippen molar-refractivity contribution in [3.63, 3.8) is 0 Å². The molecule has 0 saturated carbocycles. The lowest BCUT2D eigenvalue weighted by Crippen LogP contribution is -2.25. The predicted molar refractivity (Wildman–Crippen MR) is 100.0 cm³/mol. The van der Waals surface area contributed by atoms with Gasteiger partial charge in [0.25, 0.3) is 0 Å². The number of allylic oxidation sites excluding steroid dienone is 1. The van der Waals surface area contributed by atoms with Crippen LogP contribution in [0.15, 0.2) is 53.3 Å². The second kappa shape index (κ2) is 8.01. The van der Waals surface area contributed by atoms with E-state index in [1.807, 2.05) is 18.2 Å². The number of rotatable bonds is 2. The molecule has 0 aliphatic carbocycles. The van der Waals surface area contributed by atoms with Crippen LogP contribution in [0.5, 0.6) is 11.5 Å². The Bertz CT molecular complexity index is 842. The summed E-state index contributed by atoms with van der Waals surface area (Å²) >= 11 is 0. The molecule has 2 aliphatic rings. The largest absolute Gasteiger partial charge is 0.586 e. The molecule has 0 saturated heterocycles. The van der Waals surface area contributed by atoms with E-state index in [1.165, 1.54) is 6.07 Å². The predicted octanol–water partition coefficient (Wildman–Crippen LogP) is 4.91. The van der Waals surface area contributed by atoms with Crippen molar-refractivity contribution in [2.45, 2.75) is 19.1 Å². The number of fused-ring (bicyclic) bond motifs is 1. The average molecular weight is 401 g/mol. The Morgan fingerprint density at radius 1 is 1.08 bits per heavy atom. The zero-order valence-electron chi connectivity index (χ0n) is 13.5. The van der Waals surface area contributed by atoms with Crippen LogP contribution in [0.1, 0.15) is 24.0 Å². The molecule has 0 atom stereocenters. The maximum Gasteiger partial charge on any atom is 0.586 e. The van der Waals surface area contributed by atoms with E-state index in [4.69, 9.17) is 0 Å². The topological polar surface area (TPSA) is 43.7 Å². The highest BCUT2D eigenvalue weighted by molar-refractivity contribution is 6.15. The van der Waals surface area contributed by atoms with E-state index in [2.05, 4.69) is 19.5 Å². The van der Waals surface area contributed by atoms with Gasteiger partial charge in [0.15, 0.2) is 11.5 Å². The van der Waals surface area contributed by atoms with Crippen molar-refractivity contribution in [1.29, 1.82) is 0 Å². The van der Waals surface area contributed by atoms with Gasteiger partial charge >= 0.3 is 6.29 Å². The van der Waals surface area contributed by atoms with E-state index in [0.29, 0.717) is 0 Å². The average Bonchev–Trinajstić information content (AvgIpc) is 2.89. The molecule has 0 amide bonds. The van der Waals surface area contributed by atoms with Crippen molar-refractivity contribution >= 4 is 36.6 Å². The van der Waals surface area contributed by atoms with Crippen LogP contribution < -0.4 is 9.47 Å². The lowest BCUT2D eigenvalue weighted by Gasteiger charge is -2.16. The van der Waals surface area contributed by atoms with Gasteiger partial charge in [-0.25, -0.2) is 0 Å². The number of nitrogens with zero attached hydrogens (tertiary/aromatic N) is 2. The van der Waals surface area contributed by atoms with E-state index in [9.17, 15) is 8.78 Å². The summed E-state index contributed by atoms with van der Waals surface area (Å²) < 4.78 is 35.2. The van der Waals surface area contributed by atoms with Gasteiger partial charge in [-0.3, -0.25) is 9.98 Å². The van der Waals surface area contributed by atoms with Crippen LogP contribution >= 0.6 is 24.8 Å². The summed E-state index contributed by atoms with van der Waals surface area (Å²) in [6, 6.07) is 8.61. The van der Waals surface area contributed by atoms with Crippen molar-refractivity contribution in [1.82, 2.24) is 4.98 Å². The van der Waals surface area contributed by atoms with Crippen LogP contribution in [-0.2, 0) is 0 Å². The van der Waals surface area contributed by atoms with E-state index in [1.54, 1.807) is 24.5 Å². The Kier molecular flexibility index (Phi) is 6.21. The van der Waals surface area contributed by atoms with Crippen molar-refractivity contribution in [2.24, 2.45) is 4.99 Å². The Morgan fingerprint density at radius 3 is 2.65 bits per heavy atom. The molecule has 1 aromatic carbocycles. The quantitative estimate of drug-likeness (QED) is 0.718. The fraction of sp³-hybridized carbons (Fsp3) is 0.222. The minimum absolute atomic E-state index is 0. The minimum atomic E-state index is -3.60. The first-order valence-electron chi connectivity index (χ1n) is 7.66. The molecule has 0 N–H and O–H groups in total. The second-order valence-corrected chi connectivity index (χ2v) is 5.62. The normalized spacial score (nSPS) is 18.5. The SMILES string of the molecule is Cl.Cl.FC1(F)Oc2ccc(/C=C3\CCCN=C3c3cccnc3)cc2O1. The van der Waals surface area contributed by atoms with Gasteiger partial charge < -0.3 is 9.47 Å². The van der Waals surface area contributed by atoms with Crippen LogP contribution in [0.3, 0.4) is 0 Å². The second-order valence-electron chi connectivity index (χ2n) is 5.62. The highest BCUT2D eigenvalue weighted by Gasteiger charge is 2.43. The molecule has 0 spiro atoms. The lowest BCUT2D eigenvalue weighted by atomic mass is 9.95. The Morgan fingerprint density at radius 2 is 1.88 bits per heavy atom. The summed E-state index contributed by atoms with van der Waals surface area (Å²) in [5.41, 5.74) is 3.68. The van der Waals surface area contributed by atoms with E-state index in [0.717, 1.165) is 41.8 Å². The molecular formula is C18H16Cl2F2N2O2. The zero-order valence-corrected chi connectivity index (χ0v) is 15.2. The van der Waals surface area contributed by atoms with Crippen LogP contribution in [0, 0.1) is 0 Å². The monoisotopic (exact) mass is 400 g/mol. The van der Waals surface area contributed by atoms with Crippen LogP contribution in [0.4, 0.5) is 8.78 Å². The highest BCUT2D eigenvalue weighted by atomic mass is 35.5. The summed E-state index contributed by atoms with van der Waals surface area (Å²) in [5, 5.41) is 0. The minimum Gasteiger partial charge on any atom is -0.395 e. The number of aliphatic imine (C=N–C) groups is 1. The summed E-state index contributed by atoms with van der Waals surface area (Å²) in [4.78, 5) is 8.74. The van der Waals surface area contributed by atoms with Gasteiger partial charge in [0.1, 0.15) is 0 Å². The Labute approximate surface area is 161 Å². The number of alkyl halides is 2. The fourth-order valence-corrected chi connectivity index (χ4v) is 2.86. The number of benzene rings is 1. The third-order valence-electron chi connectivity index (χ3n) is 3.88. The number of ether oxygens (including phenoxy) is 2. The Hall–Kier alpha value is -2.18. The zero-order chi connectivity index (χ0) is 16.6. The van der Waals surface area contributed by atoms with E-state index < -0.39 is 6.29 Å². The molecule has 0 unspecified atom stereocenters. The van der Waals surface area contributed by atoms with Gasteiger partial charge in [-0.05, 0) is 54.3 Å². The molecule has 4 rings (SSSR count). The molecule has 4 nitrogen and oxygen atoms in total. The number of hydrogen-bond donors (Lipinski definition) is 0. The summed E-state index contributed by atoms with van der Waals surface area (Å²) in [7, 11) is 0. The van der Waals surface area contributed by atoms with E-state index >= 15 is 0 Å². The van der Waals surface area contributed by atoms with Crippen molar-refractivity contribution < 1.29 is 18.3 Å². The summed E-state index contributed by atoms with van der Waals surface area (Å²) in [6.07, 6.45) is 3.68. The van der Waals surface area contributed by atoms with Crippen molar-refractivity contribution in [3.8, 4) is 11.5 Å². The molecule has 2 aromatic rings. The molecule has 8 heteroatoms. The molecule has 2 aliphatic heterocycles. The molecule has 1 aromatic heterocycles. The van der Waals surface area contributed by atoms with Crippen molar-refractivity contribution in [2.75, 3.05) is 6.54 Å². The van der Waals surface area contributed by atoms with Gasteiger partial charge in [-0.2, -0.15) is 0 Å². The Balaban J connectivity index is 0.00000121. The van der Waals surface area contributed by atoms with Gasteiger partial charge in [0, 0.05) is 24.5 Å². The summed E-state index contributed by atoms with van der Waals surface area (Å²) in [5.74, 6) is 0.0944.